The maximum absolute atomic E-state index is 12.9. The Morgan fingerprint density at radius 1 is 0.627 bits per heavy atom. The number of phosphoric ester groups is 3. The molecule has 23 heteroatoms. The van der Waals surface area contributed by atoms with Crippen molar-refractivity contribution in [2.45, 2.75) is 140 Å². The molecule has 0 aromatic carbocycles. The molecule has 8 atom stereocenters. The number of unbranched alkanes of at least 4 members (excludes halogenated alkanes) is 12. The first-order valence-corrected chi connectivity index (χ1v) is 22.9. The average Bonchev–Trinajstić information content (AvgIpc) is 3.14. The molecule has 59 heavy (non-hydrogen) atoms. The van der Waals surface area contributed by atoms with Gasteiger partial charge in [0.1, 0.15) is 43.2 Å². The van der Waals surface area contributed by atoms with Crippen LogP contribution in [0, 0.1) is 59.7 Å². The predicted octanol–water partition coefficient (Wildman–Crippen LogP) is 4.50. The summed E-state index contributed by atoms with van der Waals surface area (Å²) in [5.41, 5.74) is 0. The quantitative estimate of drug-likeness (QED) is 0.0190. The first kappa shape index (κ1) is 55.9. The van der Waals surface area contributed by atoms with Crippen LogP contribution in [0.3, 0.4) is 0 Å². The van der Waals surface area contributed by atoms with Crippen LogP contribution in [0.15, 0.2) is 0 Å². The Bertz CT molecular complexity index is 1780. The van der Waals surface area contributed by atoms with Gasteiger partial charge in [-0.3, -0.25) is 22.9 Å². The molecule has 350 valence electrons. The van der Waals surface area contributed by atoms with Gasteiger partial charge in [-0.05, 0) is 53.8 Å². The summed E-state index contributed by atoms with van der Waals surface area (Å²) in [6.45, 7) is 0.379. The van der Waals surface area contributed by atoms with Crippen molar-refractivity contribution < 1.29 is 103 Å². The van der Waals surface area contributed by atoms with E-state index in [1.165, 1.54) is 44.9 Å². The van der Waals surface area contributed by atoms with Crippen LogP contribution in [-0.4, -0.2) is 108 Å². The van der Waals surface area contributed by atoms with E-state index in [9.17, 15) is 53.3 Å². The molecule has 1 fully saturated rings. The SMILES string of the molecule is C#CC#CC#CC#CC#CC(=O)OC[C@H](COP(=O)(O)OC1C(O)C(OP(=O)(O)O)[C@H](OP(=O)(O)O)C(O)[C@@H]1O)OC(=O)CCCCCCCCCCCCCCC.N.[HH].[HH].[HH].[HH].[HH].[HH].[HH].[HH].[HH]. The molecule has 1 aliphatic rings. The molecule has 0 heterocycles. The van der Waals surface area contributed by atoms with Crippen LogP contribution in [-0.2, 0) is 50.9 Å². The second-order valence-electron chi connectivity index (χ2n) is 12.8. The van der Waals surface area contributed by atoms with Gasteiger partial charge in [-0.1, -0.05) is 84.0 Å². The smallest absolute Gasteiger partial charge is 0.456 e. The van der Waals surface area contributed by atoms with Crippen molar-refractivity contribution >= 4 is 35.4 Å². The fraction of sp³-hybridized carbons (Fsp3) is 0.667. The Hall–Kier alpha value is -3.09. The highest BCUT2D eigenvalue weighted by Gasteiger charge is 2.56. The minimum absolute atomic E-state index is 0. The molecule has 0 bridgehead atoms. The lowest BCUT2D eigenvalue weighted by atomic mass is 9.85. The second kappa shape index (κ2) is 30.0. The van der Waals surface area contributed by atoms with Gasteiger partial charge in [0.15, 0.2) is 6.10 Å². The highest BCUT2D eigenvalue weighted by Crippen LogP contribution is 2.51. The number of rotatable bonds is 26. The van der Waals surface area contributed by atoms with Crippen LogP contribution < -0.4 is 6.15 Å². The first-order valence-electron chi connectivity index (χ1n) is 18.3. The van der Waals surface area contributed by atoms with E-state index < -0.39 is 91.3 Å². The van der Waals surface area contributed by atoms with Crippen molar-refractivity contribution in [1.29, 1.82) is 0 Å². The molecule has 1 rings (SSSR count). The summed E-state index contributed by atoms with van der Waals surface area (Å²) in [4.78, 5) is 72.1. The van der Waals surface area contributed by atoms with Crippen LogP contribution in [0.4, 0.5) is 0 Å². The number of esters is 2. The molecule has 0 aromatic rings. The molecule has 0 radical (unpaired) electrons. The van der Waals surface area contributed by atoms with E-state index >= 15 is 0 Å². The Kier molecular flexibility index (Phi) is 28.4. The summed E-state index contributed by atoms with van der Waals surface area (Å²) in [7, 11) is -16.7. The van der Waals surface area contributed by atoms with Gasteiger partial charge in [0, 0.05) is 25.2 Å². The number of hydrogen-bond donors (Lipinski definition) is 9. The third kappa shape index (κ3) is 26.7. The number of carbonyl (C=O) groups excluding carboxylic acids is 2. The van der Waals surface area contributed by atoms with Gasteiger partial charge in [0.25, 0.3) is 0 Å². The van der Waals surface area contributed by atoms with Crippen molar-refractivity contribution in [1.82, 2.24) is 6.15 Å². The molecule has 20 nitrogen and oxygen atoms in total. The van der Waals surface area contributed by atoms with Crippen molar-refractivity contribution in [3.8, 4) is 59.7 Å². The van der Waals surface area contributed by atoms with Crippen molar-refractivity contribution in [3.63, 3.8) is 0 Å². The molecule has 11 N–H and O–H groups in total. The maximum atomic E-state index is 12.9. The number of aliphatic hydroxyl groups excluding tert-OH is 3. The standard InChI is InChI=1S/C36H51O19P3.H3N.9H2/c1-3-5-7-9-11-13-14-15-16-17-19-21-23-25-30(38)52-28(26-50-29(37)24-22-20-18-12-10-8-6-4-2)27-51-58(48,49)55-34-31(39)32(40)35(53-56(42,43)44)36(33(34)41)54-57(45,46)47;;;;;;;;;;/h2,28,31-36,39-41H,3,5,7,9,11,13-17,19,21,23,25-27H2,1H3,(H,48,49)(H2,42,43,44)(H2,45,46,47);1H3;9*1H/t28-,31+,32?,33?,34?,35-,36?;;;;;;;;;;/m1........../s1. The zero-order valence-corrected chi connectivity index (χ0v) is 35.2. The van der Waals surface area contributed by atoms with Crippen LogP contribution in [0.1, 0.15) is 110 Å². The monoisotopic (exact) mass is 915 g/mol. The molecule has 0 amide bonds. The van der Waals surface area contributed by atoms with E-state index in [-0.39, 0.29) is 25.4 Å². The van der Waals surface area contributed by atoms with E-state index in [1.54, 1.807) is 0 Å². The third-order valence-corrected chi connectivity index (χ3v) is 10.0. The minimum Gasteiger partial charge on any atom is -0.456 e. The van der Waals surface area contributed by atoms with Gasteiger partial charge >= 0.3 is 35.4 Å². The topological polar surface area (TPSA) is 338 Å². The maximum Gasteiger partial charge on any atom is 0.472 e. The number of phosphoric acid groups is 3. The molecular formula is C36H72NO19P3. The summed E-state index contributed by atoms with van der Waals surface area (Å²) in [6.07, 6.45) is 2.00. The van der Waals surface area contributed by atoms with Gasteiger partial charge in [0.2, 0.25) is 0 Å². The Balaban J connectivity index is -0.000000420. The zero-order chi connectivity index (χ0) is 43.6. The fourth-order valence-corrected chi connectivity index (χ4v) is 7.44. The summed E-state index contributed by atoms with van der Waals surface area (Å²) in [6, 6.07) is 0. The lowest BCUT2D eigenvalue weighted by Gasteiger charge is -2.44. The van der Waals surface area contributed by atoms with E-state index in [1.807, 2.05) is 11.8 Å². The molecular weight excluding hydrogens is 843 g/mol. The molecule has 1 aliphatic carbocycles. The van der Waals surface area contributed by atoms with E-state index in [0.29, 0.717) is 12.8 Å². The highest BCUT2D eigenvalue weighted by molar-refractivity contribution is 7.47. The molecule has 1 saturated carbocycles. The van der Waals surface area contributed by atoms with Crippen molar-refractivity contribution in [2.24, 2.45) is 0 Å². The average molecular weight is 916 g/mol. The number of terminal acetylenes is 1. The molecule has 0 saturated heterocycles. The summed E-state index contributed by atoms with van der Waals surface area (Å²) in [5.74, 6) is 17.9. The number of hydrogen-bond acceptors (Lipinski definition) is 15. The number of carbonyl (C=O) groups is 2. The van der Waals surface area contributed by atoms with Gasteiger partial charge in [0.05, 0.1) is 6.61 Å². The molecule has 0 spiro atoms. The van der Waals surface area contributed by atoms with Crippen LogP contribution in [0.25, 0.3) is 0 Å². The van der Waals surface area contributed by atoms with Gasteiger partial charge in [-0.2, -0.15) is 0 Å². The van der Waals surface area contributed by atoms with Crippen LogP contribution in [0.5, 0.6) is 0 Å². The van der Waals surface area contributed by atoms with Crippen LogP contribution >= 0.6 is 23.5 Å². The van der Waals surface area contributed by atoms with E-state index in [0.717, 1.165) is 25.7 Å². The Morgan fingerprint density at radius 3 is 1.56 bits per heavy atom. The summed E-state index contributed by atoms with van der Waals surface area (Å²) in [5, 5.41) is 31.6. The summed E-state index contributed by atoms with van der Waals surface area (Å²) < 4.78 is 64.3. The Morgan fingerprint density at radius 2 is 1.07 bits per heavy atom. The third-order valence-electron chi connectivity index (χ3n) is 8.01. The van der Waals surface area contributed by atoms with E-state index in [4.69, 9.17) is 34.7 Å². The van der Waals surface area contributed by atoms with Gasteiger partial charge < -0.3 is 55.4 Å². The van der Waals surface area contributed by atoms with Gasteiger partial charge in [-0.15, -0.1) is 6.42 Å². The lowest BCUT2D eigenvalue weighted by molar-refractivity contribution is -0.213. The van der Waals surface area contributed by atoms with E-state index in [2.05, 4.69) is 57.4 Å². The fourth-order valence-electron chi connectivity index (χ4n) is 5.34. The molecule has 0 aromatic heterocycles. The zero-order valence-electron chi connectivity index (χ0n) is 32.5. The summed E-state index contributed by atoms with van der Waals surface area (Å²) >= 11 is 0. The molecule has 5 unspecified atom stereocenters. The normalized spacial score (nSPS) is 21.4. The number of ether oxygens (including phenoxy) is 2. The highest BCUT2D eigenvalue weighted by atomic mass is 31.2. The largest absolute Gasteiger partial charge is 0.472 e. The van der Waals surface area contributed by atoms with Gasteiger partial charge in [-0.25, -0.2) is 18.5 Å². The molecule has 0 aliphatic heterocycles. The minimum atomic E-state index is -5.62. The number of aliphatic hydroxyl groups is 3. The Labute approximate surface area is 357 Å². The van der Waals surface area contributed by atoms with Crippen molar-refractivity contribution in [2.75, 3.05) is 13.2 Å². The van der Waals surface area contributed by atoms with Crippen molar-refractivity contribution in [3.05, 3.63) is 0 Å². The lowest BCUT2D eigenvalue weighted by Crippen LogP contribution is -2.65. The second-order valence-corrected chi connectivity index (χ2v) is 16.6. The van der Waals surface area contributed by atoms with Crippen LogP contribution in [0.2, 0.25) is 0 Å². The predicted molar refractivity (Wildman–Crippen MR) is 228 cm³/mol. The first-order chi connectivity index (χ1) is 27.3.